The van der Waals surface area contributed by atoms with E-state index in [-0.39, 0.29) is 0 Å². The number of hydrogen-bond donors (Lipinski definition) is 0. The van der Waals surface area contributed by atoms with Crippen molar-refractivity contribution in [3.63, 3.8) is 0 Å². The van der Waals surface area contributed by atoms with Gasteiger partial charge in [-0.05, 0) is 25.5 Å². The van der Waals surface area contributed by atoms with Crippen LogP contribution in [0, 0.1) is 11.3 Å². The van der Waals surface area contributed by atoms with Crippen LogP contribution in [0.3, 0.4) is 0 Å². The number of hydrogen-bond acceptors (Lipinski definition) is 3. The summed E-state index contributed by atoms with van der Waals surface area (Å²) in [7, 11) is 0. The summed E-state index contributed by atoms with van der Waals surface area (Å²) < 4.78 is 1.96. The number of rotatable bonds is 3. The molecule has 4 heteroatoms. The number of likely N-dealkylation sites (tertiary alicyclic amines) is 1. The second kappa shape index (κ2) is 4.94. The molecule has 2 heterocycles. The van der Waals surface area contributed by atoms with Gasteiger partial charge in [0.1, 0.15) is 0 Å². The van der Waals surface area contributed by atoms with Gasteiger partial charge in [0.25, 0.3) is 0 Å². The molecular weight excluding hydrogens is 188 g/mol. The lowest BCUT2D eigenvalue weighted by Crippen LogP contribution is -2.42. The van der Waals surface area contributed by atoms with Crippen molar-refractivity contribution in [2.75, 3.05) is 13.1 Å². The van der Waals surface area contributed by atoms with Gasteiger partial charge in [0.15, 0.2) is 0 Å². The lowest BCUT2D eigenvalue weighted by atomic mass is 10.0. The third-order valence-corrected chi connectivity index (χ3v) is 2.98. The molecule has 1 aliphatic rings. The van der Waals surface area contributed by atoms with Gasteiger partial charge in [0.2, 0.25) is 0 Å². The summed E-state index contributed by atoms with van der Waals surface area (Å²) in [5, 5.41) is 13.0. The number of nitriles is 1. The summed E-state index contributed by atoms with van der Waals surface area (Å²) in [6.07, 6.45) is 7.46. The van der Waals surface area contributed by atoms with Gasteiger partial charge in [-0.3, -0.25) is 9.58 Å². The summed E-state index contributed by atoms with van der Waals surface area (Å²) >= 11 is 0. The first kappa shape index (κ1) is 10.2. The monoisotopic (exact) mass is 204 g/mol. The third kappa shape index (κ3) is 2.57. The van der Waals surface area contributed by atoms with Gasteiger partial charge in [-0.2, -0.15) is 10.4 Å². The van der Waals surface area contributed by atoms with Gasteiger partial charge < -0.3 is 0 Å². The maximum Gasteiger partial charge on any atom is 0.0869 e. The van der Waals surface area contributed by atoms with Crippen molar-refractivity contribution in [3.8, 4) is 6.07 Å². The minimum Gasteiger partial charge on any atom is -0.286 e. The van der Waals surface area contributed by atoms with E-state index in [1.165, 1.54) is 19.3 Å². The minimum absolute atomic E-state index is 0.485. The molecule has 0 unspecified atom stereocenters. The van der Waals surface area contributed by atoms with Crippen LogP contribution in [0.1, 0.15) is 19.3 Å². The van der Waals surface area contributed by atoms with E-state index in [9.17, 15) is 0 Å². The molecule has 1 atom stereocenters. The highest BCUT2D eigenvalue weighted by molar-refractivity contribution is 4.86. The Hall–Kier alpha value is -1.34. The fourth-order valence-electron chi connectivity index (χ4n) is 2.19. The molecule has 15 heavy (non-hydrogen) atoms. The van der Waals surface area contributed by atoms with E-state index in [2.05, 4.69) is 16.1 Å². The van der Waals surface area contributed by atoms with Crippen LogP contribution in [-0.2, 0) is 6.54 Å². The first-order valence-corrected chi connectivity index (χ1v) is 5.48. The van der Waals surface area contributed by atoms with E-state index >= 15 is 0 Å². The van der Waals surface area contributed by atoms with Gasteiger partial charge in [0, 0.05) is 18.4 Å². The Morgan fingerprint density at radius 1 is 1.47 bits per heavy atom. The van der Waals surface area contributed by atoms with E-state index in [1.807, 2.05) is 16.9 Å². The molecule has 4 nitrogen and oxygen atoms in total. The van der Waals surface area contributed by atoms with Crippen molar-refractivity contribution in [1.82, 2.24) is 14.7 Å². The molecule has 0 radical (unpaired) electrons. The molecule has 0 saturated carbocycles. The minimum atomic E-state index is 0.485. The molecule has 0 N–H and O–H groups in total. The summed E-state index contributed by atoms with van der Waals surface area (Å²) in [5.74, 6) is 0. The number of nitrogens with zero attached hydrogens (tertiary/aromatic N) is 4. The van der Waals surface area contributed by atoms with Crippen molar-refractivity contribution in [3.05, 3.63) is 18.5 Å². The molecule has 0 bridgehead atoms. The van der Waals surface area contributed by atoms with Crippen LogP contribution in [0.4, 0.5) is 0 Å². The molecular formula is C11H16N4. The zero-order valence-electron chi connectivity index (χ0n) is 8.84. The highest BCUT2D eigenvalue weighted by atomic mass is 15.3. The first-order valence-electron chi connectivity index (χ1n) is 5.48. The SMILES string of the molecule is N#CCN1CCCC[C@@H]1Cn1cccn1. The molecule has 80 valence electrons. The molecule has 1 fully saturated rings. The van der Waals surface area contributed by atoms with Gasteiger partial charge >= 0.3 is 0 Å². The zero-order valence-corrected chi connectivity index (χ0v) is 8.84. The second-order valence-corrected chi connectivity index (χ2v) is 4.01. The summed E-state index contributed by atoms with van der Waals surface area (Å²) in [6.45, 7) is 2.51. The Balaban J connectivity index is 1.96. The number of piperidine rings is 1. The van der Waals surface area contributed by atoms with Crippen molar-refractivity contribution in [2.45, 2.75) is 31.8 Å². The normalized spacial score (nSPS) is 22.5. The Bertz CT molecular complexity index is 325. The Morgan fingerprint density at radius 3 is 3.13 bits per heavy atom. The van der Waals surface area contributed by atoms with Crippen LogP contribution in [0.2, 0.25) is 0 Å². The lowest BCUT2D eigenvalue weighted by Gasteiger charge is -2.33. The van der Waals surface area contributed by atoms with Crippen molar-refractivity contribution in [1.29, 1.82) is 5.26 Å². The van der Waals surface area contributed by atoms with Crippen LogP contribution < -0.4 is 0 Å². The van der Waals surface area contributed by atoms with Crippen molar-refractivity contribution < 1.29 is 0 Å². The maximum absolute atomic E-state index is 8.75. The summed E-state index contributed by atoms with van der Waals surface area (Å²) in [5.41, 5.74) is 0. The van der Waals surface area contributed by atoms with Gasteiger partial charge in [0.05, 0.1) is 19.2 Å². The molecule has 0 amide bonds. The van der Waals surface area contributed by atoms with Gasteiger partial charge in [-0.25, -0.2) is 0 Å². The van der Waals surface area contributed by atoms with Crippen LogP contribution in [0.5, 0.6) is 0 Å². The largest absolute Gasteiger partial charge is 0.286 e. The Labute approximate surface area is 90.1 Å². The van der Waals surface area contributed by atoms with E-state index in [0.717, 1.165) is 13.1 Å². The summed E-state index contributed by atoms with van der Waals surface area (Å²) in [4.78, 5) is 2.27. The predicted molar refractivity (Wildman–Crippen MR) is 57.1 cm³/mol. The van der Waals surface area contributed by atoms with Crippen LogP contribution in [-0.4, -0.2) is 33.8 Å². The standard InChI is InChI=1S/C11H16N4/c12-5-9-14-7-2-1-4-11(14)10-15-8-3-6-13-15/h3,6,8,11H,1-2,4,7,9-10H2/t11-/m1/s1. The van der Waals surface area contributed by atoms with Crippen LogP contribution in [0.15, 0.2) is 18.5 Å². The van der Waals surface area contributed by atoms with Gasteiger partial charge in [-0.15, -0.1) is 0 Å². The second-order valence-electron chi connectivity index (χ2n) is 4.01. The Morgan fingerprint density at radius 2 is 2.40 bits per heavy atom. The molecule has 1 aromatic rings. The molecule has 1 aliphatic heterocycles. The quantitative estimate of drug-likeness (QED) is 0.696. The third-order valence-electron chi connectivity index (χ3n) is 2.98. The average Bonchev–Trinajstić information content (AvgIpc) is 2.74. The number of aromatic nitrogens is 2. The first-order chi connectivity index (χ1) is 7.40. The van der Waals surface area contributed by atoms with E-state index in [4.69, 9.17) is 5.26 Å². The molecule has 0 spiro atoms. The highest BCUT2D eigenvalue weighted by Gasteiger charge is 2.22. The fourth-order valence-corrected chi connectivity index (χ4v) is 2.19. The predicted octanol–water partition coefficient (Wildman–Crippen LogP) is 1.26. The van der Waals surface area contributed by atoms with Crippen molar-refractivity contribution >= 4 is 0 Å². The summed E-state index contributed by atoms with van der Waals surface area (Å²) in [6, 6.07) is 4.67. The lowest BCUT2D eigenvalue weighted by molar-refractivity contribution is 0.147. The molecule has 0 aliphatic carbocycles. The topological polar surface area (TPSA) is 44.9 Å². The molecule has 1 aromatic heterocycles. The molecule has 2 rings (SSSR count). The van der Waals surface area contributed by atoms with E-state index in [0.29, 0.717) is 12.6 Å². The molecule has 0 aromatic carbocycles. The van der Waals surface area contributed by atoms with E-state index in [1.54, 1.807) is 6.20 Å². The van der Waals surface area contributed by atoms with Gasteiger partial charge in [-0.1, -0.05) is 6.42 Å². The Kier molecular flexibility index (Phi) is 3.36. The maximum atomic E-state index is 8.75. The highest BCUT2D eigenvalue weighted by Crippen LogP contribution is 2.17. The van der Waals surface area contributed by atoms with Crippen molar-refractivity contribution in [2.24, 2.45) is 0 Å². The smallest absolute Gasteiger partial charge is 0.0869 e. The molecule has 1 saturated heterocycles. The van der Waals surface area contributed by atoms with E-state index < -0.39 is 0 Å². The average molecular weight is 204 g/mol. The van der Waals surface area contributed by atoms with Crippen LogP contribution >= 0.6 is 0 Å². The fraction of sp³-hybridized carbons (Fsp3) is 0.636. The zero-order chi connectivity index (χ0) is 10.5. The van der Waals surface area contributed by atoms with Crippen LogP contribution in [0.25, 0.3) is 0 Å².